The van der Waals surface area contributed by atoms with E-state index < -0.39 is 22.4 Å². The van der Waals surface area contributed by atoms with Crippen LogP contribution in [0.15, 0.2) is 35.2 Å². The zero-order valence-electron chi connectivity index (χ0n) is 11.1. The first-order chi connectivity index (χ1) is 8.82. The van der Waals surface area contributed by atoms with Crippen LogP contribution in [0.2, 0.25) is 0 Å². The average molecular weight is 287 g/mol. The molecule has 0 spiro atoms. The fourth-order valence-corrected chi connectivity index (χ4v) is 3.44. The van der Waals surface area contributed by atoms with Gasteiger partial charge in [-0.05, 0) is 24.6 Å². The standard InChI is InChI=1S/C13H18FNO3S/c1-4-15(8-10(2)3)19(17,18)13-7-12(14)6-5-11(13)9-16/h5-7,16H,2,4,8-9H2,1,3H3. The Morgan fingerprint density at radius 1 is 1.47 bits per heavy atom. The molecule has 0 unspecified atom stereocenters. The van der Waals surface area contributed by atoms with E-state index >= 15 is 0 Å². The lowest BCUT2D eigenvalue weighted by Gasteiger charge is -2.21. The molecule has 1 rings (SSSR count). The van der Waals surface area contributed by atoms with Crippen molar-refractivity contribution in [2.24, 2.45) is 0 Å². The van der Waals surface area contributed by atoms with Gasteiger partial charge in [0, 0.05) is 13.1 Å². The minimum absolute atomic E-state index is 0.167. The number of aliphatic hydroxyl groups excluding tert-OH is 1. The fourth-order valence-electron chi connectivity index (χ4n) is 1.71. The second-order valence-electron chi connectivity index (χ2n) is 4.30. The normalized spacial score (nSPS) is 11.8. The maximum atomic E-state index is 13.3. The highest BCUT2D eigenvalue weighted by Gasteiger charge is 2.26. The largest absolute Gasteiger partial charge is 0.392 e. The molecule has 0 fully saturated rings. The summed E-state index contributed by atoms with van der Waals surface area (Å²) in [6.45, 7) is 7.05. The SMILES string of the molecule is C=C(C)CN(CC)S(=O)(=O)c1cc(F)ccc1CO. The molecule has 0 atom stereocenters. The Balaban J connectivity index is 3.32. The van der Waals surface area contributed by atoms with Crippen molar-refractivity contribution in [3.8, 4) is 0 Å². The number of hydrogen-bond donors (Lipinski definition) is 1. The predicted octanol–water partition coefficient (Wildman–Crippen LogP) is 1.90. The van der Waals surface area contributed by atoms with Gasteiger partial charge in [-0.25, -0.2) is 12.8 Å². The van der Waals surface area contributed by atoms with E-state index in [1.54, 1.807) is 13.8 Å². The molecule has 6 heteroatoms. The molecule has 1 aromatic rings. The van der Waals surface area contributed by atoms with Gasteiger partial charge < -0.3 is 5.11 Å². The number of nitrogens with zero attached hydrogens (tertiary/aromatic N) is 1. The van der Waals surface area contributed by atoms with Crippen LogP contribution in [-0.4, -0.2) is 30.9 Å². The quantitative estimate of drug-likeness (QED) is 0.813. The fraction of sp³-hybridized carbons (Fsp3) is 0.385. The lowest BCUT2D eigenvalue weighted by atomic mass is 10.2. The van der Waals surface area contributed by atoms with Gasteiger partial charge in [0.05, 0.1) is 11.5 Å². The zero-order valence-corrected chi connectivity index (χ0v) is 11.9. The third-order valence-corrected chi connectivity index (χ3v) is 4.62. The van der Waals surface area contributed by atoms with Gasteiger partial charge in [-0.3, -0.25) is 0 Å². The van der Waals surface area contributed by atoms with Crippen LogP contribution in [0.5, 0.6) is 0 Å². The van der Waals surface area contributed by atoms with Gasteiger partial charge >= 0.3 is 0 Å². The summed E-state index contributed by atoms with van der Waals surface area (Å²) in [5.41, 5.74) is 0.869. The Labute approximate surface area is 113 Å². The lowest BCUT2D eigenvalue weighted by molar-refractivity contribution is 0.278. The van der Waals surface area contributed by atoms with E-state index in [0.29, 0.717) is 5.57 Å². The average Bonchev–Trinajstić information content (AvgIpc) is 2.35. The Kier molecular flexibility index (Phi) is 5.22. The maximum absolute atomic E-state index is 13.3. The van der Waals surface area contributed by atoms with Crippen molar-refractivity contribution in [3.63, 3.8) is 0 Å². The molecule has 1 N–H and O–H groups in total. The van der Waals surface area contributed by atoms with Gasteiger partial charge in [-0.15, -0.1) is 0 Å². The summed E-state index contributed by atoms with van der Waals surface area (Å²) < 4.78 is 39.3. The molecular weight excluding hydrogens is 269 g/mol. The first-order valence-corrected chi connectivity index (χ1v) is 7.30. The predicted molar refractivity (Wildman–Crippen MR) is 71.6 cm³/mol. The van der Waals surface area contributed by atoms with Crippen molar-refractivity contribution in [1.29, 1.82) is 0 Å². The van der Waals surface area contributed by atoms with Crippen molar-refractivity contribution in [3.05, 3.63) is 41.7 Å². The van der Waals surface area contributed by atoms with E-state index in [2.05, 4.69) is 6.58 Å². The van der Waals surface area contributed by atoms with Gasteiger partial charge in [-0.1, -0.05) is 25.1 Å². The summed E-state index contributed by atoms with van der Waals surface area (Å²) in [5, 5.41) is 9.19. The number of rotatable bonds is 6. The molecule has 1 aromatic carbocycles. The highest BCUT2D eigenvalue weighted by Crippen LogP contribution is 2.22. The molecule has 106 valence electrons. The molecule has 0 aliphatic carbocycles. The Bertz CT molecular complexity index is 569. The monoisotopic (exact) mass is 287 g/mol. The van der Waals surface area contributed by atoms with Gasteiger partial charge in [0.25, 0.3) is 0 Å². The minimum atomic E-state index is -3.84. The Morgan fingerprint density at radius 3 is 2.58 bits per heavy atom. The lowest BCUT2D eigenvalue weighted by Crippen LogP contribution is -2.33. The first-order valence-electron chi connectivity index (χ1n) is 5.86. The van der Waals surface area contributed by atoms with Crippen LogP contribution in [0.4, 0.5) is 4.39 Å². The van der Waals surface area contributed by atoms with Crippen LogP contribution < -0.4 is 0 Å². The molecule has 0 bridgehead atoms. The van der Waals surface area contributed by atoms with Crippen molar-refractivity contribution < 1.29 is 17.9 Å². The Morgan fingerprint density at radius 2 is 2.11 bits per heavy atom. The number of benzene rings is 1. The van der Waals surface area contributed by atoms with E-state index in [1.165, 1.54) is 10.4 Å². The van der Waals surface area contributed by atoms with Gasteiger partial charge in [0.2, 0.25) is 10.0 Å². The summed E-state index contributed by atoms with van der Waals surface area (Å²) in [4.78, 5) is -0.196. The van der Waals surface area contributed by atoms with Crippen molar-refractivity contribution >= 4 is 10.0 Å². The smallest absolute Gasteiger partial charge is 0.243 e. The molecule has 0 amide bonds. The van der Waals surface area contributed by atoms with E-state index in [9.17, 15) is 17.9 Å². The summed E-state index contributed by atoms with van der Waals surface area (Å²) in [6, 6.07) is 3.33. The second kappa shape index (κ2) is 6.27. The molecule has 0 heterocycles. The summed E-state index contributed by atoms with van der Waals surface area (Å²) >= 11 is 0. The van der Waals surface area contributed by atoms with E-state index in [-0.39, 0.29) is 23.5 Å². The van der Waals surface area contributed by atoms with Crippen LogP contribution in [0.3, 0.4) is 0 Å². The highest BCUT2D eigenvalue weighted by atomic mass is 32.2. The van der Waals surface area contributed by atoms with E-state index in [4.69, 9.17) is 0 Å². The van der Waals surface area contributed by atoms with E-state index in [1.807, 2.05) is 0 Å². The molecule has 0 radical (unpaired) electrons. The molecule has 0 aromatic heterocycles. The number of halogens is 1. The van der Waals surface area contributed by atoms with Crippen LogP contribution in [0.1, 0.15) is 19.4 Å². The second-order valence-corrected chi connectivity index (χ2v) is 6.20. The van der Waals surface area contributed by atoms with Gasteiger partial charge in [-0.2, -0.15) is 4.31 Å². The maximum Gasteiger partial charge on any atom is 0.243 e. The van der Waals surface area contributed by atoms with Crippen LogP contribution in [0.25, 0.3) is 0 Å². The molecule has 0 saturated heterocycles. The molecule has 19 heavy (non-hydrogen) atoms. The summed E-state index contributed by atoms with van der Waals surface area (Å²) in [5.74, 6) is -0.651. The van der Waals surface area contributed by atoms with Gasteiger partial charge in [0.1, 0.15) is 5.82 Å². The molecular formula is C13H18FNO3S. The van der Waals surface area contributed by atoms with Gasteiger partial charge in [0.15, 0.2) is 0 Å². The highest BCUT2D eigenvalue weighted by molar-refractivity contribution is 7.89. The third-order valence-electron chi connectivity index (χ3n) is 2.62. The topological polar surface area (TPSA) is 57.6 Å². The van der Waals surface area contributed by atoms with Crippen molar-refractivity contribution in [1.82, 2.24) is 4.31 Å². The van der Waals surface area contributed by atoms with Crippen molar-refractivity contribution in [2.75, 3.05) is 13.1 Å². The summed E-state index contributed by atoms with van der Waals surface area (Å²) in [6.07, 6.45) is 0. The first kappa shape index (κ1) is 15.8. The van der Waals surface area contributed by atoms with Crippen LogP contribution in [-0.2, 0) is 16.6 Å². The molecule has 0 aliphatic rings. The molecule has 0 saturated carbocycles. The number of aliphatic hydroxyl groups is 1. The third kappa shape index (κ3) is 3.62. The van der Waals surface area contributed by atoms with E-state index in [0.717, 1.165) is 12.1 Å². The zero-order chi connectivity index (χ0) is 14.6. The number of hydrogen-bond acceptors (Lipinski definition) is 3. The minimum Gasteiger partial charge on any atom is -0.392 e. The Hall–Kier alpha value is -1.24. The van der Waals surface area contributed by atoms with Crippen molar-refractivity contribution in [2.45, 2.75) is 25.3 Å². The van der Waals surface area contributed by atoms with Crippen LogP contribution >= 0.6 is 0 Å². The van der Waals surface area contributed by atoms with Crippen LogP contribution in [0, 0.1) is 5.82 Å². The molecule has 4 nitrogen and oxygen atoms in total. The summed E-state index contributed by atoms with van der Waals surface area (Å²) in [7, 11) is -3.84. The molecule has 0 aliphatic heterocycles. The number of sulfonamides is 1. The number of likely N-dealkylation sites (N-methyl/N-ethyl adjacent to an activating group) is 1.